The van der Waals surface area contributed by atoms with Crippen molar-refractivity contribution < 1.29 is 9.53 Å². The van der Waals surface area contributed by atoms with Gasteiger partial charge in [0, 0.05) is 29.7 Å². The van der Waals surface area contributed by atoms with Gasteiger partial charge in [0.2, 0.25) is 0 Å². The lowest BCUT2D eigenvalue weighted by atomic mass is 9.73. The SMILES string of the molecule is C=C[C@H]1CN2CC[C@H]1C[C@H]2[C@@H](NC(=O)c1ccccc1P(c1ccc(C(C)(C)C)cc1)c1ccc(C(C)(C)C)cc1)c1ccnc2ccc(OC)cc12. The normalized spacial score (nSPS) is 20.7. The number of amides is 1. The van der Waals surface area contributed by atoms with Crippen LogP contribution in [0, 0.1) is 11.8 Å². The highest BCUT2D eigenvalue weighted by Gasteiger charge is 2.43. The van der Waals surface area contributed by atoms with Crippen LogP contribution in [0.2, 0.25) is 0 Å². The quantitative estimate of drug-likeness (QED) is 0.122. The molecular formula is C47H54N3O2P. The minimum atomic E-state index is -1.05. The van der Waals surface area contributed by atoms with E-state index < -0.39 is 7.92 Å². The number of hydrogen-bond donors (Lipinski definition) is 1. The van der Waals surface area contributed by atoms with Gasteiger partial charge >= 0.3 is 0 Å². The smallest absolute Gasteiger partial charge is 0.252 e. The van der Waals surface area contributed by atoms with Gasteiger partial charge in [-0.2, -0.15) is 0 Å². The lowest BCUT2D eigenvalue weighted by molar-refractivity contribution is 0.00171. The van der Waals surface area contributed by atoms with E-state index in [1.54, 1.807) is 7.11 Å². The molecular weight excluding hydrogens is 670 g/mol. The van der Waals surface area contributed by atoms with Crippen molar-refractivity contribution >= 4 is 40.6 Å². The van der Waals surface area contributed by atoms with E-state index in [2.05, 4.69) is 137 Å². The summed E-state index contributed by atoms with van der Waals surface area (Å²) in [5.74, 6) is 1.76. The third-order valence-electron chi connectivity index (χ3n) is 11.5. The third-order valence-corrected chi connectivity index (χ3v) is 14.0. The Morgan fingerprint density at radius 2 is 1.55 bits per heavy atom. The van der Waals surface area contributed by atoms with E-state index in [0.717, 1.165) is 59.0 Å². The highest BCUT2D eigenvalue weighted by atomic mass is 31.1. The number of piperidine rings is 3. The van der Waals surface area contributed by atoms with Crippen LogP contribution in [0.25, 0.3) is 10.9 Å². The van der Waals surface area contributed by atoms with E-state index in [-0.39, 0.29) is 28.8 Å². The van der Waals surface area contributed by atoms with Crippen LogP contribution >= 0.6 is 7.92 Å². The molecule has 53 heavy (non-hydrogen) atoms. The number of rotatable bonds is 9. The summed E-state index contributed by atoms with van der Waals surface area (Å²) in [7, 11) is 0.648. The molecule has 0 saturated carbocycles. The zero-order valence-electron chi connectivity index (χ0n) is 32.4. The molecule has 0 spiro atoms. The van der Waals surface area contributed by atoms with E-state index in [0.29, 0.717) is 11.8 Å². The summed E-state index contributed by atoms with van der Waals surface area (Å²) < 4.78 is 5.67. The monoisotopic (exact) mass is 723 g/mol. The average Bonchev–Trinajstić information content (AvgIpc) is 3.16. The summed E-state index contributed by atoms with van der Waals surface area (Å²) in [6.45, 7) is 19.7. The molecule has 3 aliphatic heterocycles. The fourth-order valence-electron chi connectivity index (χ4n) is 8.38. The van der Waals surface area contributed by atoms with Crippen molar-refractivity contribution in [2.24, 2.45) is 11.8 Å². The number of hydrogen-bond acceptors (Lipinski definition) is 4. The Hall–Kier alpha value is -4.31. The lowest BCUT2D eigenvalue weighted by Gasteiger charge is -2.51. The van der Waals surface area contributed by atoms with Crippen molar-refractivity contribution in [3.63, 3.8) is 0 Å². The minimum absolute atomic E-state index is 0.0455. The molecule has 8 rings (SSSR count). The van der Waals surface area contributed by atoms with Gasteiger partial charge in [-0.3, -0.25) is 14.7 Å². The van der Waals surface area contributed by atoms with Gasteiger partial charge in [0.25, 0.3) is 5.91 Å². The second kappa shape index (κ2) is 14.8. The predicted octanol–water partition coefficient (Wildman–Crippen LogP) is 8.96. The van der Waals surface area contributed by atoms with Crippen molar-refractivity contribution in [3.8, 4) is 5.75 Å². The number of aromatic nitrogens is 1. The molecule has 3 aliphatic rings. The molecule has 274 valence electrons. The molecule has 6 heteroatoms. The molecule has 2 bridgehead atoms. The molecule has 1 N–H and O–H groups in total. The van der Waals surface area contributed by atoms with Crippen LogP contribution in [0.4, 0.5) is 0 Å². The number of ether oxygens (including phenoxy) is 1. The number of nitrogens with one attached hydrogen (secondary N) is 1. The van der Waals surface area contributed by atoms with Crippen LogP contribution in [0.5, 0.6) is 5.75 Å². The van der Waals surface area contributed by atoms with E-state index >= 15 is 4.79 Å². The Balaban J connectivity index is 1.33. The molecule has 1 aromatic heterocycles. The maximum absolute atomic E-state index is 15.0. The van der Waals surface area contributed by atoms with Gasteiger partial charge in [0.15, 0.2) is 0 Å². The Morgan fingerprint density at radius 3 is 2.11 bits per heavy atom. The van der Waals surface area contributed by atoms with Crippen molar-refractivity contribution in [2.75, 3.05) is 20.2 Å². The number of carbonyl (C=O) groups is 1. The first-order chi connectivity index (χ1) is 25.4. The van der Waals surface area contributed by atoms with Crippen molar-refractivity contribution in [3.05, 3.63) is 138 Å². The summed E-state index contributed by atoms with van der Waals surface area (Å²) in [5.41, 5.74) is 5.37. The van der Waals surface area contributed by atoms with Gasteiger partial charge < -0.3 is 10.1 Å². The molecule has 5 aromatic rings. The summed E-state index contributed by atoms with van der Waals surface area (Å²) in [5, 5.41) is 8.18. The van der Waals surface area contributed by atoms with Crippen molar-refractivity contribution in [2.45, 2.75) is 77.3 Å². The van der Waals surface area contributed by atoms with Crippen LogP contribution in [-0.4, -0.2) is 42.0 Å². The van der Waals surface area contributed by atoms with Gasteiger partial charge in [-0.1, -0.05) is 114 Å². The highest BCUT2D eigenvalue weighted by Crippen LogP contribution is 2.43. The molecule has 4 aromatic carbocycles. The number of methoxy groups -OCH3 is 1. The predicted molar refractivity (Wildman–Crippen MR) is 223 cm³/mol. The minimum Gasteiger partial charge on any atom is -0.497 e. The lowest BCUT2D eigenvalue weighted by Crippen LogP contribution is -2.57. The van der Waals surface area contributed by atoms with Gasteiger partial charge in [0.05, 0.1) is 18.7 Å². The average molecular weight is 724 g/mol. The first kappa shape index (κ1) is 37.0. The van der Waals surface area contributed by atoms with Gasteiger partial charge in [0.1, 0.15) is 5.75 Å². The zero-order chi connectivity index (χ0) is 37.5. The second-order valence-corrected chi connectivity index (χ2v) is 19.1. The Kier molecular flexibility index (Phi) is 10.4. The highest BCUT2D eigenvalue weighted by molar-refractivity contribution is 7.80. The molecule has 5 nitrogen and oxygen atoms in total. The number of carbonyl (C=O) groups excluding carboxylic acids is 1. The number of benzene rings is 4. The number of pyridine rings is 1. The van der Waals surface area contributed by atoms with Gasteiger partial charge in [-0.25, -0.2) is 0 Å². The van der Waals surface area contributed by atoms with E-state index in [1.165, 1.54) is 21.7 Å². The maximum Gasteiger partial charge on any atom is 0.252 e. The Labute approximate surface area is 317 Å². The second-order valence-electron chi connectivity index (χ2n) is 16.9. The first-order valence-electron chi connectivity index (χ1n) is 19.1. The molecule has 0 aliphatic carbocycles. The topological polar surface area (TPSA) is 54.5 Å². The number of fused-ring (bicyclic) bond motifs is 4. The molecule has 1 unspecified atom stereocenters. The van der Waals surface area contributed by atoms with Gasteiger partial charge in [-0.15, -0.1) is 6.58 Å². The largest absolute Gasteiger partial charge is 0.497 e. The summed E-state index contributed by atoms with van der Waals surface area (Å²) in [4.78, 5) is 22.3. The standard InChI is InChI=1S/C47H54N3O2P/c1-9-31-30-50-27-25-32(31)28-42(50)44(38-24-26-48-41-23-18-35(52-8)29-40(38)41)49-45(51)39-12-10-11-13-43(39)53(36-19-14-33(15-20-36)46(2,3)4)37-21-16-34(17-22-37)47(5,6)7/h9-24,26,29,31-32,42,44H,1,25,27-28,30H2,2-8H3,(H,49,51)/t31-,32-,42-,44-/m0/s1. The molecule has 3 saturated heterocycles. The molecule has 3 fully saturated rings. The maximum atomic E-state index is 15.0. The summed E-state index contributed by atoms with van der Waals surface area (Å²) in [6, 6.07) is 34.4. The van der Waals surface area contributed by atoms with Crippen LogP contribution in [-0.2, 0) is 10.8 Å². The Bertz CT molecular complexity index is 2040. The first-order valence-corrected chi connectivity index (χ1v) is 20.4. The third kappa shape index (κ3) is 7.57. The van der Waals surface area contributed by atoms with Crippen LogP contribution in [0.15, 0.2) is 116 Å². The summed E-state index contributed by atoms with van der Waals surface area (Å²) in [6.07, 6.45) is 6.17. The van der Waals surface area contributed by atoms with Crippen LogP contribution in [0.3, 0.4) is 0 Å². The molecule has 5 atom stereocenters. The molecule has 0 radical (unpaired) electrons. The van der Waals surface area contributed by atoms with Crippen LogP contribution in [0.1, 0.15) is 87.5 Å². The Morgan fingerprint density at radius 1 is 0.906 bits per heavy atom. The summed E-state index contributed by atoms with van der Waals surface area (Å²) >= 11 is 0. The van der Waals surface area contributed by atoms with E-state index in [1.807, 2.05) is 30.5 Å². The van der Waals surface area contributed by atoms with Crippen molar-refractivity contribution in [1.29, 1.82) is 0 Å². The fourth-order valence-corrected chi connectivity index (χ4v) is 10.8. The zero-order valence-corrected chi connectivity index (χ0v) is 33.3. The number of nitrogens with zero attached hydrogens (tertiary/aromatic N) is 2. The van der Waals surface area contributed by atoms with Crippen LogP contribution < -0.4 is 26.0 Å². The fraction of sp³-hybridized carbons (Fsp3) is 0.362. The van der Waals surface area contributed by atoms with E-state index in [9.17, 15) is 0 Å². The van der Waals surface area contributed by atoms with Gasteiger partial charge in [-0.05, 0) is 113 Å². The van der Waals surface area contributed by atoms with Crippen molar-refractivity contribution in [1.82, 2.24) is 15.2 Å². The van der Waals surface area contributed by atoms with E-state index in [4.69, 9.17) is 9.72 Å². The molecule has 4 heterocycles. The molecule has 1 amide bonds.